The second kappa shape index (κ2) is 8.77. The molecule has 1 saturated heterocycles. The van der Waals surface area contributed by atoms with Crippen LogP contribution in [-0.2, 0) is 4.79 Å². The molecule has 1 aromatic heterocycles. The minimum Gasteiger partial charge on any atom is -0.345 e. The van der Waals surface area contributed by atoms with Gasteiger partial charge in [0.1, 0.15) is 0 Å². The molecule has 3 rings (SSSR count). The summed E-state index contributed by atoms with van der Waals surface area (Å²) >= 11 is 0. The van der Waals surface area contributed by atoms with Gasteiger partial charge in [0, 0.05) is 18.8 Å². The highest BCUT2D eigenvalue weighted by molar-refractivity contribution is 5.77. The van der Waals surface area contributed by atoms with Crippen LogP contribution in [0.25, 0.3) is 0 Å². The van der Waals surface area contributed by atoms with Crippen molar-refractivity contribution in [3.05, 3.63) is 66.0 Å². The van der Waals surface area contributed by atoms with Gasteiger partial charge in [-0.05, 0) is 61.0 Å². The first kappa shape index (κ1) is 17.6. The van der Waals surface area contributed by atoms with E-state index >= 15 is 0 Å². The number of hydrogen-bond acceptors (Lipinski definition) is 3. The summed E-state index contributed by atoms with van der Waals surface area (Å²) in [6, 6.07) is 13.9. The van der Waals surface area contributed by atoms with Gasteiger partial charge in [-0.15, -0.1) is 0 Å². The summed E-state index contributed by atoms with van der Waals surface area (Å²) in [7, 11) is 0. The number of benzene rings is 1. The predicted octanol–water partition coefficient (Wildman–Crippen LogP) is 3.31. The zero-order valence-corrected chi connectivity index (χ0v) is 14.8. The predicted molar refractivity (Wildman–Crippen MR) is 100 cm³/mol. The molecule has 0 aliphatic carbocycles. The minimum absolute atomic E-state index is 0.122. The van der Waals surface area contributed by atoms with Crippen LogP contribution in [0.2, 0.25) is 0 Å². The van der Waals surface area contributed by atoms with E-state index in [-0.39, 0.29) is 11.9 Å². The molecule has 2 N–H and O–H groups in total. The molecule has 1 aromatic carbocycles. The van der Waals surface area contributed by atoms with Crippen LogP contribution in [0.1, 0.15) is 43.4 Å². The Morgan fingerprint density at radius 2 is 1.76 bits per heavy atom. The summed E-state index contributed by atoms with van der Waals surface area (Å²) < 4.78 is 0. The third kappa shape index (κ3) is 4.89. The number of pyridine rings is 1. The second-order valence-corrected chi connectivity index (χ2v) is 6.96. The number of piperidine rings is 1. The molecule has 0 spiro atoms. The van der Waals surface area contributed by atoms with Gasteiger partial charge < -0.3 is 10.6 Å². The Balaban J connectivity index is 1.68. The maximum Gasteiger partial charge on any atom is 0.221 e. The largest absolute Gasteiger partial charge is 0.345 e. The topological polar surface area (TPSA) is 54.0 Å². The van der Waals surface area contributed by atoms with E-state index in [1.165, 1.54) is 12.8 Å². The summed E-state index contributed by atoms with van der Waals surface area (Å²) in [5.74, 6) is 1.18. The molecular formula is C21H27N3O. The van der Waals surface area contributed by atoms with Crippen molar-refractivity contribution in [3.8, 4) is 0 Å². The van der Waals surface area contributed by atoms with Gasteiger partial charge in [0.05, 0.1) is 6.04 Å². The fraction of sp³-hybridized carbons (Fsp3) is 0.429. The van der Waals surface area contributed by atoms with Gasteiger partial charge in [0.15, 0.2) is 0 Å². The van der Waals surface area contributed by atoms with E-state index in [9.17, 15) is 4.79 Å². The maximum absolute atomic E-state index is 12.7. The van der Waals surface area contributed by atoms with E-state index in [1.807, 2.05) is 30.3 Å². The summed E-state index contributed by atoms with van der Waals surface area (Å²) in [6.07, 6.45) is 6.46. The number of aromatic nitrogens is 1. The third-order valence-electron chi connectivity index (χ3n) is 5.17. The molecule has 4 heteroatoms. The normalized spacial score (nSPS) is 17.6. The van der Waals surface area contributed by atoms with Crippen molar-refractivity contribution in [2.75, 3.05) is 13.1 Å². The lowest BCUT2D eigenvalue weighted by atomic mass is 9.84. The van der Waals surface area contributed by atoms with Crippen LogP contribution >= 0.6 is 0 Å². The minimum atomic E-state index is -0.128. The Labute approximate surface area is 150 Å². The monoisotopic (exact) mass is 337 g/mol. The molecule has 2 aromatic rings. The summed E-state index contributed by atoms with van der Waals surface area (Å²) in [4.78, 5) is 16.8. The first-order valence-corrected chi connectivity index (χ1v) is 9.19. The summed E-state index contributed by atoms with van der Waals surface area (Å²) in [5, 5.41) is 6.63. The highest BCUT2D eigenvalue weighted by Crippen LogP contribution is 2.26. The smallest absolute Gasteiger partial charge is 0.221 e. The van der Waals surface area contributed by atoms with Gasteiger partial charge in [-0.1, -0.05) is 37.3 Å². The standard InChI is InChI=1S/C21H27N3O/c1-16(17-7-11-22-12-8-17)15-20(25)24-21(18-5-3-2-4-6-18)19-9-13-23-14-10-19/h2-6,9-10,13-14,16-17,21-22H,7-8,11-12,15H2,1H3,(H,24,25). The van der Waals surface area contributed by atoms with E-state index < -0.39 is 0 Å². The number of nitrogens with zero attached hydrogens (tertiary/aromatic N) is 1. The van der Waals surface area contributed by atoms with E-state index in [0.29, 0.717) is 18.3 Å². The number of rotatable bonds is 6. The maximum atomic E-state index is 12.7. The van der Waals surface area contributed by atoms with Crippen LogP contribution < -0.4 is 10.6 Å². The Morgan fingerprint density at radius 3 is 2.44 bits per heavy atom. The first-order chi connectivity index (χ1) is 12.2. The average Bonchev–Trinajstić information content (AvgIpc) is 2.68. The lowest BCUT2D eigenvalue weighted by molar-refractivity contribution is -0.122. The molecule has 4 nitrogen and oxygen atoms in total. The van der Waals surface area contributed by atoms with Crippen LogP contribution in [0.5, 0.6) is 0 Å². The van der Waals surface area contributed by atoms with Crippen molar-refractivity contribution in [2.45, 2.75) is 32.2 Å². The van der Waals surface area contributed by atoms with E-state index in [0.717, 1.165) is 24.2 Å². The van der Waals surface area contributed by atoms with Crippen LogP contribution in [0, 0.1) is 11.8 Å². The molecule has 25 heavy (non-hydrogen) atoms. The molecule has 2 atom stereocenters. The highest BCUT2D eigenvalue weighted by atomic mass is 16.1. The van der Waals surface area contributed by atoms with Crippen molar-refractivity contribution in [1.82, 2.24) is 15.6 Å². The lowest BCUT2D eigenvalue weighted by Crippen LogP contribution is -2.35. The molecular weight excluding hydrogens is 310 g/mol. The molecule has 132 valence electrons. The van der Waals surface area contributed by atoms with Gasteiger partial charge in [-0.3, -0.25) is 9.78 Å². The zero-order chi connectivity index (χ0) is 17.5. The lowest BCUT2D eigenvalue weighted by Gasteiger charge is -2.28. The van der Waals surface area contributed by atoms with Crippen LogP contribution in [0.3, 0.4) is 0 Å². The number of carbonyl (C=O) groups is 1. The van der Waals surface area contributed by atoms with E-state index in [2.05, 4.69) is 34.7 Å². The summed E-state index contributed by atoms with van der Waals surface area (Å²) in [6.45, 7) is 4.35. The Kier molecular flexibility index (Phi) is 6.18. The molecule has 1 aliphatic rings. The average molecular weight is 337 g/mol. The fourth-order valence-electron chi connectivity index (χ4n) is 3.65. The zero-order valence-electron chi connectivity index (χ0n) is 14.8. The van der Waals surface area contributed by atoms with Crippen LogP contribution in [0.15, 0.2) is 54.9 Å². The molecule has 1 aliphatic heterocycles. The van der Waals surface area contributed by atoms with Gasteiger partial charge in [-0.25, -0.2) is 0 Å². The van der Waals surface area contributed by atoms with Gasteiger partial charge in [0.25, 0.3) is 0 Å². The molecule has 1 fully saturated rings. The molecule has 1 amide bonds. The van der Waals surface area contributed by atoms with Crippen molar-refractivity contribution >= 4 is 5.91 Å². The Morgan fingerprint density at radius 1 is 1.12 bits per heavy atom. The van der Waals surface area contributed by atoms with Crippen LogP contribution in [0.4, 0.5) is 0 Å². The molecule has 0 saturated carbocycles. The number of carbonyl (C=O) groups excluding carboxylic acids is 1. The van der Waals surface area contributed by atoms with Gasteiger partial charge in [0.2, 0.25) is 5.91 Å². The van der Waals surface area contributed by atoms with Crippen molar-refractivity contribution in [3.63, 3.8) is 0 Å². The van der Waals surface area contributed by atoms with Crippen LogP contribution in [-0.4, -0.2) is 24.0 Å². The third-order valence-corrected chi connectivity index (χ3v) is 5.17. The Bertz CT molecular complexity index is 614. The molecule has 0 radical (unpaired) electrons. The molecule has 2 unspecified atom stereocenters. The first-order valence-electron chi connectivity index (χ1n) is 9.19. The van der Waals surface area contributed by atoms with E-state index in [1.54, 1.807) is 12.4 Å². The molecule has 0 bridgehead atoms. The van der Waals surface area contributed by atoms with Gasteiger partial charge in [-0.2, -0.15) is 0 Å². The number of hydrogen-bond donors (Lipinski definition) is 2. The molecule has 2 heterocycles. The quantitative estimate of drug-likeness (QED) is 0.850. The van der Waals surface area contributed by atoms with Crippen molar-refractivity contribution in [1.29, 1.82) is 0 Å². The highest BCUT2D eigenvalue weighted by Gasteiger charge is 2.24. The summed E-state index contributed by atoms with van der Waals surface area (Å²) in [5.41, 5.74) is 2.15. The number of amides is 1. The van der Waals surface area contributed by atoms with Crippen molar-refractivity contribution < 1.29 is 4.79 Å². The second-order valence-electron chi connectivity index (χ2n) is 6.96. The van der Waals surface area contributed by atoms with Gasteiger partial charge >= 0.3 is 0 Å². The van der Waals surface area contributed by atoms with E-state index in [4.69, 9.17) is 0 Å². The number of nitrogens with one attached hydrogen (secondary N) is 2. The van der Waals surface area contributed by atoms with Crippen molar-refractivity contribution in [2.24, 2.45) is 11.8 Å². The fourth-order valence-corrected chi connectivity index (χ4v) is 3.65. The Hall–Kier alpha value is -2.20. The SMILES string of the molecule is CC(CC(=O)NC(c1ccccc1)c1ccncc1)C1CCNCC1.